The van der Waals surface area contributed by atoms with E-state index in [2.05, 4.69) is 4.98 Å². The Hall–Kier alpha value is -2.59. The molecule has 0 aliphatic rings. The first-order chi connectivity index (χ1) is 15.1. The van der Waals surface area contributed by atoms with Crippen LogP contribution < -0.4 is 5.56 Å². The van der Waals surface area contributed by atoms with Gasteiger partial charge in [-0.25, -0.2) is 17.8 Å². The lowest BCUT2D eigenvalue weighted by atomic mass is 10.1. The maximum atomic E-state index is 13.5. The highest BCUT2D eigenvalue weighted by Crippen LogP contribution is 2.27. The zero-order valence-corrected chi connectivity index (χ0v) is 19.2. The molecule has 11 heteroatoms. The molecule has 0 aliphatic carbocycles. The number of rotatable bonds is 6. The van der Waals surface area contributed by atoms with Crippen molar-refractivity contribution in [1.82, 2.24) is 9.55 Å². The summed E-state index contributed by atoms with van der Waals surface area (Å²) in [5, 5.41) is 0.254. The number of hydrogen-bond donors (Lipinski definition) is 0. The third kappa shape index (κ3) is 4.61. The Kier molecular flexibility index (Phi) is 6.17. The smallest absolute Gasteiger partial charge is 0.265 e. The lowest BCUT2D eigenvalue weighted by Gasteiger charge is -2.10. The first-order valence-corrected chi connectivity index (χ1v) is 12.3. The van der Waals surface area contributed by atoms with Gasteiger partial charge in [0.05, 0.1) is 25.9 Å². The maximum absolute atomic E-state index is 13.5. The first kappa shape index (κ1) is 22.6. The number of halogens is 3. The number of carbonyl (C=O) groups is 1. The summed E-state index contributed by atoms with van der Waals surface area (Å²) in [7, 11) is -3.78. The standard InChI is InChI=1S/C21H13Cl2FN2O4S2/c22-16-8-12(7-14(27)10-32(29,30)20-6-5-19(23)31-20)1-4-18(16)26-11-25-17-3-2-13(24)9-15(17)21(26)28/h1-6,8-9,11H,7,10H2. The van der Waals surface area contributed by atoms with E-state index >= 15 is 0 Å². The first-order valence-electron chi connectivity index (χ1n) is 9.09. The van der Waals surface area contributed by atoms with E-state index in [4.69, 9.17) is 23.2 Å². The Morgan fingerprint density at radius 3 is 2.56 bits per heavy atom. The van der Waals surface area contributed by atoms with E-state index in [9.17, 15) is 22.4 Å². The molecule has 2 heterocycles. The van der Waals surface area contributed by atoms with Crippen LogP contribution >= 0.6 is 34.5 Å². The van der Waals surface area contributed by atoms with Crippen molar-refractivity contribution < 1.29 is 17.6 Å². The molecule has 0 radical (unpaired) electrons. The van der Waals surface area contributed by atoms with Crippen LogP contribution in [-0.2, 0) is 21.1 Å². The Labute approximate surface area is 195 Å². The average molecular weight is 511 g/mol. The van der Waals surface area contributed by atoms with Crippen molar-refractivity contribution in [2.45, 2.75) is 10.6 Å². The fourth-order valence-corrected chi connectivity index (χ4v) is 6.25. The fourth-order valence-electron chi connectivity index (χ4n) is 3.15. The number of fused-ring (bicyclic) bond motifs is 1. The van der Waals surface area contributed by atoms with Gasteiger partial charge in [0.2, 0.25) is 0 Å². The molecular formula is C21H13Cl2FN2O4S2. The lowest BCUT2D eigenvalue weighted by molar-refractivity contribution is -0.116. The second-order valence-electron chi connectivity index (χ2n) is 6.90. The molecular weight excluding hydrogens is 498 g/mol. The number of hydrogen-bond acceptors (Lipinski definition) is 6. The fraction of sp³-hybridized carbons (Fsp3) is 0.0952. The van der Waals surface area contributed by atoms with Crippen molar-refractivity contribution in [1.29, 1.82) is 0 Å². The number of sulfone groups is 1. The Morgan fingerprint density at radius 2 is 1.88 bits per heavy atom. The second kappa shape index (κ2) is 8.74. The number of thiophene rings is 1. The summed E-state index contributed by atoms with van der Waals surface area (Å²) in [6.45, 7) is 0. The van der Waals surface area contributed by atoms with Gasteiger partial charge in [0.25, 0.3) is 5.56 Å². The van der Waals surface area contributed by atoms with Gasteiger partial charge in [-0.15, -0.1) is 11.3 Å². The van der Waals surface area contributed by atoms with E-state index in [1.807, 2.05) is 0 Å². The highest BCUT2D eigenvalue weighted by molar-refractivity contribution is 7.94. The summed E-state index contributed by atoms with van der Waals surface area (Å²) in [4.78, 5) is 29.3. The van der Waals surface area contributed by atoms with Crippen LogP contribution in [0.25, 0.3) is 16.6 Å². The van der Waals surface area contributed by atoms with E-state index in [1.54, 1.807) is 6.07 Å². The number of ketones is 1. The molecule has 4 rings (SSSR count). The van der Waals surface area contributed by atoms with Crippen molar-refractivity contribution >= 4 is 61.1 Å². The Bertz CT molecular complexity index is 1530. The van der Waals surface area contributed by atoms with Gasteiger partial charge in [0.1, 0.15) is 22.1 Å². The number of aromatic nitrogens is 2. The van der Waals surface area contributed by atoms with Gasteiger partial charge in [0, 0.05) is 6.42 Å². The Morgan fingerprint density at radius 1 is 1.09 bits per heavy atom. The lowest BCUT2D eigenvalue weighted by Crippen LogP contribution is -2.20. The molecule has 0 amide bonds. The van der Waals surface area contributed by atoms with Crippen LogP contribution in [0, 0.1) is 5.82 Å². The molecule has 0 fully saturated rings. The molecule has 6 nitrogen and oxygen atoms in total. The predicted octanol–water partition coefficient (Wildman–Crippen LogP) is 4.48. The average Bonchev–Trinajstić information content (AvgIpc) is 3.16. The molecule has 4 aromatic rings. The molecule has 0 saturated carbocycles. The minimum Gasteiger partial charge on any atom is -0.298 e. The van der Waals surface area contributed by atoms with E-state index in [0.29, 0.717) is 21.1 Å². The van der Waals surface area contributed by atoms with Crippen molar-refractivity contribution in [3.63, 3.8) is 0 Å². The molecule has 0 atom stereocenters. The molecule has 0 N–H and O–H groups in total. The molecule has 0 spiro atoms. The van der Waals surface area contributed by atoms with Crippen molar-refractivity contribution in [2.24, 2.45) is 0 Å². The molecule has 164 valence electrons. The minimum absolute atomic E-state index is 0.0313. The van der Waals surface area contributed by atoms with Crippen LogP contribution in [0.5, 0.6) is 0 Å². The molecule has 2 aromatic heterocycles. The van der Waals surface area contributed by atoms with Gasteiger partial charge < -0.3 is 0 Å². The molecule has 0 saturated heterocycles. The summed E-state index contributed by atoms with van der Waals surface area (Å²) in [5.74, 6) is -1.74. The van der Waals surface area contributed by atoms with Crippen molar-refractivity contribution in [2.75, 3.05) is 5.75 Å². The third-order valence-corrected chi connectivity index (χ3v) is 8.39. The van der Waals surface area contributed by atoms with E-state index < -0.39 is 32.7 Å². The number of nitrogens with zero attached hydrogens (tertiary/aromatic N) is 2. The number of benzene rings is 2. The van der Waals surface area contributed by atoms with E-state index in [-0.39, 0.29) is 21.0 Å². The van der Waals surface area contributed by atoms with E-state index in [0.717, 1.165) is 17.4 Å². The minimum atomic E-state index is -3.78. The van der Waals surface area contributed by atoms with Crippen LogP contribution in [0.3, 0.4) is 0 Å². The topological polar surface area (TPSA) is 86.1 Å². The molecule has 2 aromatic carbocycles. The Balaban J connectivity index is 1.58. The summed E-state index contributed by atoms with van der Waals surface area (Å²) < 4.78 is 39.8. The van der Waals surface area contributed by atoms with Gasteiger partial charge in [0.15, 0.2) is 15.6 Å². The summed E-state index contributed by atoms with van der Waals surface area (Å²) in [6.07, 6.45) is 1.13. The summed E-state index contributed by atoms with van der Waals surface area (Å²) >= 11 is 13.0. The van der Waals surface area contributed by atoms with Crippen LogP contribution in [0.2, 0.25) is 9.36 Å². The van der Waals surface area contributed by atoms with E-state index in [1.165, 1.54) is 47.3 Å². The highest BCUT2D eigenvalue weighted by Gasteiger charge is 2.22. The maximum Gasteiger partial charge on any atom is 0.265 e. The van der Waals surface area contributed by atoms with Crippen LogP contribution in [0.15, 0.2) is 63.9 Å². The molecule has 0 aliphatic heterocycles. The van der Waals surface area contributed by atoms with Crippen molar-refractivity contribution in [3.05, 3.63) is 86.0 Å². The third-order valence-electron chi connectivity index (χ3n) is 4.60. The normalized spacial score (nSPS) is 11.7. The van der Waals surface area contributed by atoms with Crippen molar-refractivity contribution in [3.8, 4) is 5.69 Å². The van der Waals surface area contributed by atoms with Crippen LogP contribution in [0.1, 0.15) is 5.56 Å². The molecule has 0 unspecified atom stereocenters. The number of carbonyl (C=O) groups excluding carboxylic acids is 1. The number of Topliss-reactive ketones (excluding diaryl/α,β-unsaturated/α-hetero) is 1. The SMILES string of the molecule is O=C(Cc1ccc(-n2cnc3ccc(F)cc3c2=O)c(Cl)c1)CS(=O)(=O)c1ccc(Cl)s1. The van der Waals surface area contributed by atoms with Gasteiger partial charge in [-0.05, 0) is 48.0 Å². The molecule has 0 bridgehead atoms. The van der Waals surface area contributed by atoms with Crippen LogP contribution in [0.4, 0.5) is 4.39 Å². The van der Waals surface area contributed by atoms with Gasteiger partial charge in [-0.2, -0.15) is 0 Å². The zero-order chi connectivity index (χ0) is 23.0. The largest absolute Gasteiger partial charge is 0.298 e. The highest BCUT2D eigenvalue weighted by atomic mass is 35.5. The van der Waals surface area contributed by atoms with Gasteiger partial charge in [-0.3, -0.25) is 14.2 Å². The summed E-state index contributed by atoms with van der Waals surface area (Å²) in [6, 6.07) is 11.1. The quantitative estimate of drug-likeness (QED) is 0.381. The predicted molar refractivity (Wildman–Crippen MR) is 122 cm³/mol. The molecule has 32 heavy (non-hydrogen) atoms. The zero-order valence-electron chi connectivity index (χ0n) is 16.1. The second-order valence-corrected chi connectivity index (χ2v) is 11.2. The van der Waals surface area contributed by atoms with Gasteiger partial charge in [-0.1, -0.05) is 29.3 Å². The summed E-state index contributed by atoms with van der Waals surface area (Å²) in [5.41, 5.74) is 0.628. The van der Waals surface area contributed by atoms with Crippen LogP contribution in [-0.4, -0.2) is 29.5 Å². The van der Waals surface area contributed by atoms with Gasteiger partial charge >= 0.3 is 0 Å². The monoisotopic (exact) mass is 510 g/mol.